The van der Waals surface area contributed by atoms with E-state index in [0.717, 1.165) is 68.4 Å². The van der Waals surface area contributed by atoms with Crippen molar-refractivity contribution in [1.29, 1.82) is 0 Å². The molecule has 0 N–H and O–H groups in total. The number of carbonyl (C=O) groups is 1. The Kier molecular flexibility index (Phi) is 10.0. The van der Waals surface area contributed by atoms with Crippen LogP contribution >= 0.6 is 0 Å². The van der Waals surface area contributed by atoms with E-state index in [-0.39, 0.29) is 5.92 Å². The van der Waals surface area contributed by atoms with Crippen LogP contribution in [0.4, 0.5) is 0 Å². The van der Waals surface area contributed by atoms with Crippen LogP contribution in [0.15, 0.2) is 42.0 Å². The number of amides is 1. The van der Waals surface area contributed by atoms with Gasteiger partial charge in [-0.3, -0.25) is 9.69 Å². The second-order valence-corrected chi connectivity index (χ2v) is 12.2. The van der Waals surface area contributed by atoms with Crippen LogP contribution in [0.1, 0.15) is 96.1 Å². The van der Waals surface area contributed by atoms with Crippen LogP contribution in [0.2, 0.25) is 0 Å². The monoisotopic (exact) mass is 558 g/mol. The maximum Gasteiger partial charge on any atom is 0.225 e. The smallest absolute Gasteiger partial charge is 0.225 e. The molecule has 0 radical (unpaired) electrons. The van der Waals surface area contributed by atoms with Crippen molar-refractivity contribution in [3.63, 3.8) is 0 Å². The number of nitrogens with zero attached hydrogens (tertiary/aromatic N) is 4. The van der Waals surface area contributed by atoms with Crippen molar-refractivity contribution in [3.05, 3.63) is 53.5 Å². The van der Waals surface area contributed by atoms with Crippen LogP contribution in [-0.2, 0) is 4.79 Å². The number of benzene rings is 1. The number of piperazine rings is 1. The molecule has 3 heterocycles. The van der Waals surface area contributed by atoms with Gasteiger partial charge in [0.05, 0.1) is 24.5 Å². The van der Waals surface area contributed by atoms with Gasteiger partial charge in [0.1, 0.15) is 11.6 Å². The van der Waals surface area contributed by atoms with Gasteiger partial charge in [0.2, 0.25) is 5.91 Å². The lowest BCUT2D eigenvalue weighted by Gasteiger charge is -2.36. The molecule has 2 unspecified atom stereocenters. The third-order valence-corrected chi connectivity index (χ3v) is 9.58. The first-order chi connectivity index (χ1) is 20.1. The minimum atomic E-state index is 0.276. The summed E-state index contributed by atoms with van der Waals surface area (Å²) < 4.78 is 7.95. The van der Waals surface area contributed by atoms with Crippen LogP contribution in [-0.4, -0.2) is 65.1 Å². The molecule has 1 aliphatic carbocycles. The summed E-state index contributed by atoms with van der Waals surface area (Å²) in [5.74, 6) is 3.17. The van der Waals surface area contributed by atoms with Gasteiger partial charge in [-0.25, -0.2) is 4.98 Å². The molecule has 6 nitrogen and oxygen atoms in total. The molecule has 222 valence electrons. The number of imidazole rings is 1. The zero-order chi connectivity index (χ0) is 28.8. The number of carbonyl (C=O) groups excluding carboxylic acids is 1. The fourth-order valence-corrected chi connectivity index (χ4v) is 7.00. The van der Waals surface area contributed by atoms with Gasteiger partial charge in [-0.1, -0.05) is 70.2 Å². The molecule has 1 saturated carbocycles. The van der Waals surface area contributed by atoms with E-state index in [1.54, 1.807) is 7.11 Å². The summed E-state index contributed by atoms with van der Waals surface area (Å²) in [5.41, 5.74) is 4.92. The Labute approximate surface area is 247 Å². The van der Waals surface area contributed by atoms with E-state index in [1.165, 1.54) is 56.2 Å². The van der Waals surface area contributed by atoms with E-state index in [9.17, 15) is 4.79 Å². The van der Waals surface area contributed by atoms with E-state index in [4.69, 9.17) is 9.72 Å². The molecule has 1 aromatic carbocycles. The molecule has 3 aliphatic rings. The standard InChI is InChI=1S/C35H50N4O2/c1-5-8-9-13-26(6-2)27(7-3)18-19-32-36-33(29-16-12-17-30(24-29)41-4)34-31(39(32)34)25-37-20-22-38(23-21-37)35(40)28-14-10-11-15-28/h7,12,16-19,24,26,28,31H,5-6,8-11,13-15,20-23,25H2,1-4H3. The average Bonchev–Trinajstić information content (AvgIpc) is 3.33. The highest BCUT2D eigenvalue weighted by Gasteiger charge is 2.41. The lowest BCUT2D eigenvalue weighted by Crippen LogP contribution is -2.50. The van der Waals surface area contributed by atoms with E-state index in [2.05, 4.69) is 65.5 Å². The molecule has 1 amide bonds. The zero-order valence-electron chi connectivity index (χ0n) is 25.8. The van der Waals surface area contributed by atoms with Crippen LogP contribution in [0, 0.1) is 11.8 Å². The largest absolute Gasteiger partial charge is 0.497 e. The van der Waals surface area contributed by atoms with Crippen molar-refractivity contribution in [2.75, 3.05) is 39.8 Å². The van der Waals surface area contributed by atoms with Crippen LogP contribution in [0.3, 0.4) is 0 Å². The quantitative estimate of drug-likeness (QED) is 0.190. The number of rotatable bonds is 13. The molecule has 0 spiro atoms. The predicted octanol–water partition coefficient (Wildman–Crippen LogP) is 7.36. The van der Waals surface area contributed by atoms with Gasteiger partial charge in [0, 0.05) is 44.2 Å². The molecule has 41 heavy (non-hydrogen) atoms. The van der Waals surface area contributed by atoms with Gasteiger partial charge in [-0.2, -0.15) is 0 Å². The summed E-state index contributed by atoms with van der Waals surface area (Å²) >= 11 is 0. The third kappa shape index (κ3) is 6.80. The molecule has 5 rings (SSSR count). The Hall–Kier alpha value is -2.86. The lowest BCUT2D eigenvalue weighted by molar-refractivity contribution is -0.137. The molecular formula is C35H50N4O2. The van der Waals surface area contributed by atoms with Crippen molar-refractivity contribution in [2.45, 2.75) is 84.6 Å². The highest BCUT2D eigenvalue weighted by Crippen LogP contribution is 2.45. The summed E-state index contributed by atoms with van der Waals surface area (Å²) in [6.07, 6.45) is 17.7. The Morgan fingerprint density at radius 2 is 1.90 bits per heavy atom. The van der Waals surface area contributed by atoms with Gasteiger partial charge in [-0.05, 0) is 62.3 Å². The molecule has 1 aromatic heterocycles. The Bertz CT molecular complexity index is 1230. The number of fused-ring (bicyclic) bond motifs is 1. The third-order valence-electron chi connectivity index (χ3n) is 9.58. The molecule has 2 aromatic rings. The van der Waals surface area contributed by atoms with Crippen molar-refractivity contribution < 1.29 is 9.53 Å². The zero-order valence-corrected chi connectivity index (χ0v) is 25.8. The summed E-state index contributed by atoms with van der Waals surface area (Å²) in [4.78, 5) is 22.7. The Morgan fingerprint density at radius 1 is 1.12 bits per heavy atom. The summed E-state index contributed by atoms with van der Waals surface area (Å²) in [7, 11) is 1.72. The molecule has 2 fully saturated rings. The minimum Gasteiger partial charge on any atom is -0.497 e. The minimum absolute atomic E-state index is 0.276. The van der Waals surface area contributed by atoms with Gasteiger partial charge in [0.15, 0.2) is 0 Å². The van der Waals surface area contributed by atoms with Crippen molar-refractivity contribution in [1.82, 2.24) is 19.4 Å². The van der Waals surface area contributed by atoms with Crippen LogP contribution < -0.4 is 4.74 Å². The highest BCUT2D eigenvalue weighted by molar-refractivity contribution is 5.79. The van der Waals surface area contributed by atoms with Crippen molar-refractivity contribution >= 4 is 12.0 Å². The normalized spacial score (nSPS) is 20.5. The fourth-order valence-electron chi connectivity index (χ4n) is 7.00. The van der Waals surface area contributed by atoms with Crippen LogP contribution in [0.25, 0.3) is 17.3 Å². The number of aromatic nitrogens is 2. The topological polar surface area (TPSA) is 50.6 Å². The van der Waals surface area contributed by atoms with E-state index in [1.807, 2.05) is 12.1 Å². The molecule has 2 atom stereocenters. The van der Waals surface area contributed by atoms with E-state index < -0.39 is 0 Å². The molecule has 1 saturated heterocycles. The fraction of sp³-hybridized carbons (Fsp3) is 0.600. The second kappa shape index (κ2) is 13.9. The number of allylic oxidation sites excluding steroid dienone is 3. The van der Waals surface area contributed by atoms with Gasteiger partial charge < -0.3 is 14.2 Å². The van der Waals surface area contributed by atoms with Gasteiger partial charge in [0.25, 0.3) is 0 Å². The van der Waals surface area contributed by atoms with Crippen molar-refractivity contribution in [2.24, 2.45) is 11.8 Å². The van der Waals surface area contributed by atoms with E-state index in [0.29, 0.717) is 17.9 Å². The lowest BCUT2D eigenvalue weighted by atomic mass is 9.90. The first-order valence-corrected chi connectivity index (χ1v) is 16.2. The molecule has 2 aliphatic heterocycles. The van der Waals surface area contributed by atoms with Gasteiger partial charge in [-0.15, -0.1) is 0 Å². The number of methoxy groups -OCH3 is 1. The maximum atomic E-state index is 12.9. The Morgan fingerprint density at radius 3 is 2.59 bits per heavy atom. The second-order valence-electron chi connectivity index (χ2n) is 12.2. The molecular weight excluding hydrogens is 508 g/mol. The first kappa shape index (κ1) is 29.6. The Balaban J connectivity index is 1.30. The van der Waals surface area contributed by atoms with Crippen LogP contribution in [0.5, 0.6) is 5.75 Å². The predicted molar refractivity (Wildman–Crippen MR) is 168 cm³/mol. The average molecular weight is 559 g/mol. The number of ether oxygens (including phenoxy) is 1. The molecule has 0 bridgehead atoms. The number of hydrogen-bond acceptors (Lipinski definition) is 4. The number of unbranched alkanes of at least 4 members (excludes halogenated alkanes) is 2. The van der Waals surface area contributed by atoms with Crippen molar-refractivity contribution in [3.8, 4) is 17.0 Å². The number of hydrogen-bond donors (Lipinski definition) is 0. The summed E-state index contributed by atoms with van der Waals surface area (Å²) in [6.45, 7) is 11.3. The SMILES string of the molecule is CC=C(C=Cc1nc(-c2cccc(OC)c2)c2n1C2CN1CCN(C(=O)C2CCCC2)CC1)C(CC)CCCCC. The first-order valence-electron chi connectivity index (χ1n) is 16.2. The van der Waals surface area contributed by atoms with E-state index >= 15 is 0 Å². The van der Waals surface area contributed by atoms with Gasteiger partial charge >= 0.3 is 0 Å². The maximum absolute atomic E-state index is 12.9. The highest BCUT2D eigenvalue weighted by atomic mass is 16.5. The summed E-state index contributed by atoms with van der Waals surface area (Å²) in [5, 5.41) is 0. The summed E-state index contributed by atoms with van der Waals surface area (Å²) in [6, 6.07) is 8.61. The molecule has 6 heteroatoms.